The Hall–Kier alpha value is -1.85. The minimum absolute atomic E-state index is 0.765. The van der Waals surface area contributed by atoms with Gasteiger partial charge in [-0.3, -0.25) is 0 Å². The summed E-state index contributed by atoms with van der Waals surface area (Å²) in [6.45, 7) is 4.69. The number of nitrogens with zero attached hydrogens (tertiary/aromatic N) is 3. The molecule has 1 aromatic heterocycles. The van der Waals surface area contributed by atoms with E-state index in [4.69, 9.17) is 11.6 Å². The molecule has 1 aromatic carbocycles. The summed E-state index contributed by atoms with van der Waals surface area (Å²) < 4.78 is 0. The van der Waals surface area contributed by atoms with Gasteiger partial charge >= 0.3 is 0 Å². The van der Waals surface area contributed by atoms with E-state index in [1.54, 1.807) is 0 Å². The van der Waals surface area contributed by atoms with Crippen molar-refractivity contribution in [2.24, 2.45) is 0 Å². The van der Waals surface area contributed by atoms with E-state index in [-0.39, 0.29) is 0 Å². The number of aromatic nitrogens is 2. The van der Waals surface area contributed by atoms with Gasteiger partial charge in [0, 0.05) is 24.2 Å². The SMILES string of the molecule is Cc1nc(NCCCN(C)C)cc(NCCc2ccc(Cl)cc2)n1. The second-order valence-corrected chi connectivity index (χ2v) is 6.51. The molecule has 0 radical (unpaired) electrons. The molecule has 0 aliphatic carbocycles. The minimum Gasteiger partial charge on any atom is -0.370 e. The Morgan fingerprint density at radius 3 is 2.25 bits per heavy atom. The van der Waals surface area contributed by atoms with E-state index in [2.05, 4.69) is 39.6 Å². The number of halogens is 1. The van der Waals surface area contributed by atoms with Crippen LogP contribution in [-0.2, 0) is 6.42 Å². The van der Waals surface area contributed by atoms with Gasteiger partial charge < -0.3 is 15.5 Å². The normalized spacial score (nSPS) is 10.9. The average Bonchev–Trinajstić information content (AvgIpc) is 2.53. The van der Waals surface area contributed by atoms with Crippen molar-refractivity contribution < 1.29 is 0 Å². The molecular weight excluding hydrogens is 322 g/mol. The van der Waals surface area contributed by atoms with Gasteiger partial charge in [0.1, 0.15) is 17.5 Å². The summed E-state index contributed by atoms with van der Waals surface area (Å²) in [7, 11) is 4.16. The molecule has 0 unspecified atom stereocenters. The quantitative estimate of drug-likeness (QED) is 0.680. The van der Waals surface area contributed by atoms with Crippen LogP contribution in [0.25, 0.3) is 0 Å². The molecule has 24 heavy (non-hydrogen) atoms. The lowest BCUT2D eigenvalue weighted by Gasteiger charge is -2.12. The lowest BCUT2D eigenvalue weighted by atomic mass is 10.1. The van der Waals surface area contributed by atoms with Crippen molar-refractivity contribution in [3.8, 4) is 0 Å². The molecule has 1 heterocycles. The fourth-order valence-corrected chi connectivity index (χ4v) is 2.47. The second kappa shape index (κ2) is 9.45. The van der Waals surface area contributed by atoms with Crippen LogP contribution in [0.2, 0.25) is 5.02 Å². The Balaban J connectivity index is 1.82. The second-order valence-electron chi connectivity index (χ2n) is 6.07. The van der Waals surface area contributed by atoms with Gasteiger partial charge in [-0.2, -0.15) is 0 Å². The standard InChI is InChI=1S/C18H26ClN5/c1-14-22-17(20-10-4-12-24(2)3)13-18(23-14)21-11-9-15-5-7-16(19)8-6-15/h5-8,13H,4,9-12H2,1-3H3,(H2,20,21,22,23). The molecular formula is C18H26ClN5. The van der Waals surface area contributed by atoms with Crippen LogP contribution in [-0.4, -0.2) is 48.6 Å². The summed E-state index contributed by atoms with van der Waals surface area (Å²) in [6, 6.07) is 9.90. The first-order chi connectivity index (χ1) is 11.5. The predicted octanol–water partition coefficient (Wildman–Crippen LogP) is 3.46. The third-order valence-corrected chi connectivity index (χ3v) is 3.81. The van der Waals surface area contributed by atoms with Crippen molar-refractivity contribution in [1.29, 1.82) is 0 Å². The van der Waals surface area contributed by atoms with Crippen LogP contribution in [0.3, 0.4) is 0 Å². The zero-order valence-corrected chi connectivity index (χ0v) is 15.4. The highest BCUT2D eigenvalue weighted by Crippen LogP contribution is 2.13. The molecule has 2 N–H and O–H groups in total. The Kier molecular flexibility index (Phi) is 7.28. The van der Waals surface area contributed by atoms with Gasteiger partial charge in [-0.15, -0.1) is 0 Å². The maximum absolute atomic E-state index is 5.90. The minimum atomic E-state index is 0.765. The molecule has 0 saturated heterocycles. The fourth-order valence-electron chi connectivity index (χ4n) is 2.35. The summed E-state index contributed by atoms with van der Waals surface area (Å²) in [4.78, 5) is 11.1. The third-order valence-electron chi connectivity index (χ3n) is 3.56. The van der Waals surface area contributed by atoms with Crippen LogP contribution in [0.4, 0.5) is 11.6 Å². The molecule has 0 amide bonds. The molecule has 6 heteroatoms. The van der Waals surface area contributed by atoms with E-state index in [1.165, 1.54) is 5.56 Å². The molecule has 130 valence electrons. The Labute approximate surface area is 149 Å². The van der Waals surface area contributed by atoms with Crippen molar-refractivity contribution >= 4 is 23.2 Å². The number of hydrogen-bond acceptors (Lipinski definition) is 5. The maximum atomic E-state index is 5.90. The molecule has 0 aliphatic heterocycles. The molecule has 0 aliphatic rings. The lowest BCUT2D eigenvalue weighted by Crippen LogP contribution is -2.17. The zero-order chi connectivity index (χ0) is 17.4. The molecule has 2 rings (SSSR count). The van der Waals surface area contributed by atoms with Crippen LogP contribution < -0.4 is 10.6 Å². The van der Waals surface area contributed by atoms with Gasteiger partial charge in [0.15, 0.2) is 0 Å². The highest BCUT2D eigenvalue weighted by Gasteiger charge is 2.02. The molecule has 5 nitrogen and oxygen atoms in total. The molecule has 0 bridgehead atoms. The summed E-state index contributed by atoms with van der Waals surface area (Å²) in [6.07, 6.45) is 2.00. The predicted molar refractivity (Wildman–Crippen MR) is 102 cm³/mol. The van der Waals surface area contributed by atoms with Gasteiger partial charge in [0.2, 0.25) is 0 Å². The zero-order valence-electron chi connectivity index (χ0n) is 14.6. The van der Waals surface area contributed by atoms with Crippen LogP contribution in [0, 0.1) is 6.92 Å². The van der Waals surface area contributed by atoms with Crippen molar-refractivity contribution in [2.75, 3.05) is 44.4 Å². The van der Waals surface area contributed by atoms with Crippen LogP contribution in [0.15, 0.2) is 30.3 Å². The number of nitrogens with one attached hydrogen (secondary N) is 2. The molecule has 0 atom stereocenters. The van der Waals surface area contributed by atoms with Crippen molar-refractivity contribution in [2.45, 2.75) is 19.8 Å². The maximum Gasteiger partial charge on any atom is 0.131 e. The molecule has 0 spiro atoms. The molecule has 2 aromatic rings. The first kappa shape index (κ1) is 18.5. The van der Waals surface area contributed by atoms with Gasteiger partial charge in [0.25, 0.3) is 0 Å². The third kappa shape index (κ3) is 6.72. The van der Waals surface area contributed by atoms with Crippen LogP contribution in [0.1, 0.15) is 17.8 Å². The molecule has 0 saturated carbocycles. The number of rotatable bonds is 9. The summed E-state index contributed by atoms with van der Waals surface area (Å²) in [5.74, 6) is 2.49. The summed E-state index contributed by atoms with van der Waals surface area (Å²) in [5.41, 5.74) is 1.25. The van der Waals surface area contributed by atoms with Gasteiger partial charge in [-0.05, 0) is 58.1 Å². The lowest BCUT2D eigenvalue weighted by molar-refractivity contribution is 0.405. The Morgan fingerprint density at radius 2 is 1.62 bits per heavy atom. The number of anilines is 2. The van der Waals surface area contributed by atoms with E-state index in [0.29, 0.717) is 0 Å². The van der Waals surface area contributed by atoms with Crippen molar-refractivity contribution in [3.63, 3.8) is 0 Å². The van der Waals surface area contributed by atoms with E-state index in [0.717, 1.165) is 55.0 Å². The molecule has 0 fully saturated rings. The summed E-state index contributed by atoms with van der Waals surface area (Å²) >= 11 is 5.90. The van der Waals surface area contributed by atoms with Gasteiger partial charge in [-0.25, -0.2) is 9.97 Å². The van der Waals surface area contributed by atoms with Crippen molar-refractivity contribution in [1.82, 2.24) is 14.9 Å². The Morgan fingerprint density at radius 1 is 1.00 bits per heavy atom. The Bertz CT molecular complexity index is 628. The number of hydrogen-bond donors (Lipinski definition) is 2. The first-order valence-corrected chi connectivity index (χ1v) is 8.63. The topological polar surface area (TPSA) is 53.1 Å². The van der Waals surface area contributed by atoms with E-state index >= 15 is 0 Å². The fraction of sp³-hybridized carbons (Fsp3) is 0.444. The highest BCUT2D eigenvalue weighted by molar-refractivity contribution is 6.30. The first-order valence-electron chi connectivity index (χ1n) is 8.25. The van der Waals surface area contributed by atoms with Crippen LogP contribution >= 0.6 is 11.6 Å². The highest BCUT2D eigenvalue weighted by atomic mass is 35.5. The van der Waals surface area contributed by atoms with Crippen LogP contribution in [0.5, 0.6) is 0 Å². The smallest absolute Gasteiger partial charge is 0.131 e. The van der Waals surface area contributed by atoms with E-state index in [1.807, 2.05) is 37.3 Å². The van der Waals surface area contributed by atoms with E-state index in [9.17, 15) is 0 Å². The van der Waals surface area contributed by atoms with E-state index < -0.39 is 0 Å². The number of benzene rings is 1. The average molecular weight is 348 g/mol. The summed E-state index contributed by atoms with van der Waals surface area (Å²) in [5, 5.41) is 7.50. The largest absolute Gasteiger partial charge is 0.370 e. The monoisotopic (exact) mass is 347 g/mol. The number of aryl methyl sites for hydroxylation is 1. The van der Waals surface area contributed by atoms with Crippen molar-refractivity contribution in [3.05, 3.63) is 46.7 Å². The van der Waals surface area contributed by atoms with Gasteiger partial charge in [-0.1, -0.05) is 23.7 Å². The van der Waals surface area contributed by atoms with Gasteiger partial charge in [0.05, 0.1) is 0 Å².